The van der Waals surface area contributed by atoms with Crippen molar-refractivity contribution in [2.45, 2.75) is 53.5 Å². The number of anilines is 1. The van der Waals surface area contributed by atoms with Crippen LogP contribution in [-0.4, -0.2) is 39.1 Å². The predicted octanol–water partition coefficient (Wildman–Crippen LogP) is 4.26. The van der Waals surface area contributed by atoms with E-state index in [-0.39, 0.29) is 24.1 Å². The molecule has 0 aliphatic carbocycles. The van der Waals surface area contributed by atoms with Crippen LogP contribution in [-0.2, 0) is 31.0 Å². The monoisotopic (exact) mass is 429 g/mol. The lowest BCUT2D eigenvalue weighted by atomic mass is 9.83. The third-order valence-corrected chi connectivity index (χ3v) is 7.25. The van der Waals surface area contributed by atoms with Crippen LogP contribution in [0.1, 0.15) is 30.4 Å². The molecular formula is C23H24FNO4S. The number of amides is 1. The molecule has 0 spiro atoms. The molecule has 3 atom stereocenters. The van der Waals surface area contributed by atoms with Gasteiger partial charge in [-0.25, -0.2) is 4.39 Å². The smallest absolute Gasteiger partial charge is 0.227 e. The molecule has 2 bridgehead atoms. The molecule has 3 heterocycles. The fourth-order valence-electron chi connectivity index (χ4n) is 4.68. The quantitative estimate of drug-likeness (QED) is 0.727. The summed E-state index contributed by atoms with van der Waals surface area (Å²) in [6.45, 7) is 0.554. The van der Waals surface area contributed by atoms with E-state index in [9.17, 15) is 9.18 Å². The van der Waals surface area contributed by atoms with Crippen LogP contribution in [0.4, 0.5) is 10.1 Å². The number of halogens is 1. The molecule has 2 fully saturated rings. The lowest BCUT2D eigenvalue weighted by Gasteiger charge is -2.39. The molecule has 0 unspecified atom stereocenters. The molecule has 5 rings (SSSR count). The highest BCUT2D eigenvalue weighted by molar-refractivity contribution is 7.99. The highest BCUT2D eigenvalue weighted by atomic mass is 32.2. The molecule has 3 aliphatic rings. The molecule has 0 radical (unpaired) electrons. The normalized spacial score (nSPS) is 28.0. The first-order valence-corrected chi connectivity index (χ1v) is 11.0. The Labute approximate surface area is 179 Å². The van der Waals surface area contributed by atoms with Crippen molar-refractivity contribution in [1.29, 1.82) is 0 Å². The number of hydrogen-bond acceptors (Lipinski definition) is 5. The molecule has 30 heavy (non-hydrogen) atoms. The van der Waals surface area contributed by atoms with E-state index < -0.39 is 5.60 Å². The van der Waals surface area contributed by atoms with Crippen LogP contribution in [0.3, 0.4) is 0 Å². The van der Waals surface area contributed by atoms with Gasteiger partial charge in [0.15, 0.2) is 6.29 Å². The maximum absolute atomic E-state index is 14.6. The summed E-state index contributed by atoms with van der Waals surface area (Å²) < 4.78 is 31.9. The highest BCUT2D eigenvalue weighted by Crippen LogP contribution is 2.45. The standard InChI is InChI=1S/C23H24FNO4S/c1-25-20-5-4-18(7-14(20)3-6-21(25)26)30-19-9-15(8-16(24)10-19)23(27-2)11-17-13-28-22(12-23)29-17/h4-5,7-10,17,22H,3,6,11-13H2,1-2H3/t17-,22+,23-/m0/s1. The Morgan fingerprint density at radius 3 is 2.83 bits per heavy atom. The lowest BCUT2D eigenvalue weighted by molar-refractivity contribution is -0.171. The second kappa shape index (κ2) is 7.64. The molecular weight excluding hydrogens is 405 g/mol. The maximum Gasteiger partial charge on any atom is 0.227 e. The van der Waals surface area contributed by atoms with Crippen molar-refractivity contribution in [2.24, 2.45) is 0 Å². The van der Waals surface area contributed by atoms with Gasteiger partial charge in [-0.05, 0) is 53.9 Å². The van der Waals surface area contributed by atoms with E-state index in [0.29, 0.717) is 25.9 Å². The van der Waals surface area contributed by atoms with E-state index in [1.807, 2.05) is 18.2 Å². The number of aryl methyl sites for hydroxylation is 1. The Hall–Kier alpha value is -1.93. The Bertz CT molecular complexity index is 985. The SMILES string of the molecule is CO[C@@]1(c2cc(F)cc(Sc3ccc4c(c3)CCC(=O)N4C)c2)C[C@H]2CO[C@@H](C1)O2. The summed E-state index contributed by atoms with van der Waals surface area (Å²) in [5.74, 6) is -0.147. The van der Waals surface area contributed by atoms with Crippen LogP contribution in [0, 0.1) is 5.82 Å². The van der Waals surface area contributed by atoms with Crippen molar-refractivity contribution in [3.05, 3.63) is 53.3 Å². The molecule has 0 saturated carbocycles. The first-order chi connectivity index (χ1) is 14.5. The summed E-state index contributed by atoms with van der Waals surface area (Å²) in [6, 6.07) is 11.2. The Kier molecular flexibility index (Phi) is 5.09. The van der Waals surface area contributed by atoms with Crippen molar-refractivity contribution in [1.82, 2.24) is 0 Å². The molecule has 1 amide bonds. The first kappa shape index (κ1) is 20.0. The predicted molar refractivity (Wildman–Crippen MR) is 111 cm³/mol. The summed E-state index contributed by atoms with van der Waals surface area (Å²) in [4.78, 5) is 15.5. The summed E-state index contributed by atoms with van der Waals surface area (Å²) >= 11 is 1.52. The van der Waals surface area contributed by atoms with Crippen LogP contribution < -0.4 is 4.90 Å². The topological polar surface area (TPSA) is 48.0 Å². The van der Waals surface area contributed by atoms with Gasteiger partial charge in [-0.15, -0.1) is 0 Å². The number of methoxy groups -OCH3 is 1. The van der Waals surface area contributed by atoms with Gasteiger partial charge in [-0.1, -0.05) is 11.8 Å². The highest BCUT2D eigenvalue weighted by Gasteiger charge is 2.47. The second-order valence-electron chi connectivity index (χ2n) is 8.15. The maximum atomic E-state index is 14.6. The van der Waals surface area contributed by atoms with Crippen molar-refractivity contribution in [3.63, 3.8) is 0 Å². The van der Waals surface area contributed by atoms with Crippen LogP contribution >= 0.6 is 11.8 Å². The van der Waals surface area contributed by atoms with E-state index in [1.165, 1.54) is 11.8 Å². The number of fused-ring (bicyclic) bond motifs is 3. The zero-order valence-electron chi connectivity index (χ0n) is 17.0. The minimum Gasteiger partial charge on any atom is -0.373 e. The summed E-state index contributed by atoms with van der Waals surface area (Å²) in [5, 5.41) is 0. The van der Waals surface area contributed by atoms with Crippen LogP contribution in [0.5, 0.6) is 0 Å². The summed E-state index contributed by atoms with van der Waals surface area (Å²) in [7, 11) is 3.48. The van der Waals surface area contributed by atoms with Crippen LogP contribution in [0.25, 0.3) is 0 Å². The molecule has 5 nitrogen and oxygen atoms in total. The van der Waals surface area contributed by atoms with Crippen molar-refractivity contribution in [3.8, 4) is 0 Å². The van der Waals surface area contributed by atoms with E-state index in [1.54, 1.807) is 31.2 Å². The number of carbonyl (C=O) groups excluding carboxylic acids is 1. The zero-order valence-corrected chi connectivity index (χ0v) is 17.8. The molecule has 2 aromatic carbocycles. The number of ether oxygens (including phenoxy) is 3. The number of benzene rings is 2. The number of rotatable bonds is 4. The molecule has 2 saturated heterocycles. The van der Waals surface area contributed by atoms with Crippen molar-refractivity contribution in [2.75, 3.05) is 25.7 Å². The van der Waals surface area contributed by atoms with Gasteiger partial charge in [-0.3, -0.25) is 4.79 Å². The Morgan fingerprint density at radius 1 is 1.17 bits per heavy atom. The van der Waals surface area contributed by atoms with Gasteiger partial charge in [0.2, 0.25) is 5.91 Å². The van der Waals surface area contributed by atoms with Gasteiger partial charge in [-0.2, -0.15) is 0 Å². The lowest BCUT2D eigenvalue weighted by Crippen LogP contribution is -2.41. The molecule has 3 aliphatic heterocycles. The average Bonchev–Trinajstić information content (AvgIpc) is 3.08. The van der Waals surface area contributed by atoms with Crippen molar-refractivity contribution >= 4 is 23.4 Å². The van der Waals surface area contributed by atoms with Gasteiger partial charge in [0.05, 0.1) is 12.7 Å². The first-order valence-electron chi connectivity index (χ1n) is 10.2. The number of hydrogen-bond donors (Lipinski definition) is 0. The summed E-state index contributed by atoms with van der Waals surface area (Å²) in [6.07, 6.45) is 2.12. The van der Waals surface area contributed by atoms with Crippen LogP contribution in [0.2, 0.25) is 0 Å². The second-order valence-corrected chi connectivity index (χ2v) is 9.30. The molecule has 0 N–H and O–H groups in total. The van der Waals surface area contributed by atoms with Gasteiger partial charge >= 0.3 is 0 Å². The fraction of sp³-hybridized carbons (Fsp3) is 0.435. The summed E-state index contributed by atoms with van der Waals surface area (Å²) in [5.41, 5.74) is 2.30. The van der Waals surface area contributed by atoms with Crippen molar-refractivity contribution < 1.29 is 23.4 Å². The Balaban J connectivity index is 1.44. The van der Waals surface area contributed by atoms with Gasteiger partial charge < -0.3 is 19.1 Å². The van der Waals surface area contributed by atoms with E-state index in [4.69, 9.17) is 14.2 Å². The van der Waals surface area contributed by atoms with Gasteiger partial charge in [0, 0.05) is 48.9 Å². The fourth-order valence-corrected chi connectivity index (χ4v) is 5.65. The molecule has 2 aromatic rings. The number of nitrogens with zero attached hydrogens (tertiary/aromatic N) is 1. The minimum atomic E-state index is -0.611. The molecule has 0 aromatic heterocycles. The van der Waals surface area contributed by atoms with E-state index in [2.05, 4.69) is 6.07 Å². The zero-order chi connectivity index (χ0) is 20.9. The van der Waals surface area contributed by atoms with Crippen LogP contribution in [0.15, 0.2) is 46.2 Å². The minimum absolute atomic E-state index is 0.0246. The number of carbonyl (C=O) groups is 1. The van der Waals surface area contributed by atoms with E-state index in [0.717, 1.165) is 33.0 Å². The van der Waals surface area contributed by atoms with Gasteiger partial charge in [0.1, 0.15) is 11.4 Å². The third-order valence-electron chi connectivity index (χ3n) is 6.28. The average molecular weight is 430 g/mol. The Morgan fingerprint density at radius 2 is 2.03 bits per heavy atom. The largest absolute Gasteiger partial charge is 0.373 e. The molecule has 158 valence electrons. The third kappa shape index (κ3) is 3.54. The van der Waals surface area contributed by atoms with Gasteiger partial charge in [0.25, 0.3) is 0 Å². The van der Waals surface area contributed by atoms with E-state index >= 15 is 0 Å². The molecule has 7 heteroatoms.